The second kappa shape index (κ2) is 7.04. The van der Waals surface area contributed by atoms with Crippen molar-refractivity contribution in [3.05, 3.63) is 42.2 Å². The van der Waals surface area contributed by atoms with Crippen LogP contribution in [-0.2, 0) is 4.74 Å². The highest BCUT2D eigenvalue weighted by atomic mass is 16.5. The molecular formula is C30H40N2O. The van der Waals surface area contributed by atoms with E-state index >= 15 is 0 Å². The Kier molecular flexibility index (Phi) is 4.46. The summed E-state index contributed by atoms with van der Waals surface area (Å²) >= 11 is 0. The number of aromatic nitrogens is 1. The molecule has 2 aliphatic heterocycles. The standard InChI is InChI=1S/C30H40N2O/c1-28-12-10-24-17-23-6-7-25(32(2)3)18-29(23)13-14-30(24,33-29)27(28)9-8-26(28)21-5-4-20-11-15-31-19-22(20)16-21/h4-5,11,15-16,19,23-27H,6-10,12-14,17-18H2,1-3H3/t23?,24?,25-,26-,27-,28-,29-,30-/m1/s1. The van der Waals surface area contributed by atoms with Crippen LogP contribution >= 0.6 is 0 Å². The van der Waals surface area contributed by atoms with Crippen LogP contribution in [0, 0.1) is 23.2 Å². The first-order valence-electron chi connectivity index (χ1n) is 13.6. The van der Waals surface area contributed by atoms with Crippen molar-refractivity contribution in [3.63, 3.8) is 0 Å². The molecule has 33 heavy (non-hydrogen) atoms. The maximum Gasteiger partial charge on any atom is 0.0752 e. The monoisotopic (exact) mass is 444 g/mol. The van der Waals surface area contributed by atoms with E-state index in [1.165, 1.54) is 75.0 Å². The average Bonchev–Trinajstić information content (AvgIpc) is 3.33. The van der Waals surface area contributed by atoms with Crippen LogP contribution < -0.4 is 0 Å². The van der Waals surface area contributed by atoms with Crippen molar-refractivity contribution in [3.8, 4) is 0 Å². The third-order valence-electron chi connectivity index (χ3n) is 11.5. The molecule has 2 unspecified atom stereocenters. The van der Waals surface area contributed by atoms with Crippen LogP contribution in [0.2, 0.25) is 0 Å². The van der Waals surface area contributed by atoms with Crippen LogP contribution in [0.15, 0.2) is 36.7 Å². The van der Waals surface area contributed by atoms with Crippen LogP contribution in [0.25, 0.3) is 10.8 Å². The number of rotatable bonds is 2. The van der Waals surface area contributed by atoms with Gasteiger partial charge in [0.05, 0.1) is 11.2 Å². The van der Waals surface area contributed by atoms with Crippen LogP contribution in [0.4, 0.5) is 0 Å². The van der Waals surface area contributed by atoms with Crippen molar-refractivity contribution in [2.75, 3.05) is 14.1 Å². The Labute approximate surface area is 199 Å². The molecule has 0 radical (unpaired) electrons. The zero-order chi connectivity index (χ0) is 22.4. The van der Waals surface area contributed by atoms with E-state index in [9.17, 15) is 0 Å². The predicted molar refractivity (Wildman–Crippen MR) is 133 cm³/mol. The molecule has 7 rings (SSSR count). The number of ether oxygens (including phenoxy) is 1. The Morgan fingerprint density at radius 3 is 2.73 bits per heavy atom. The molecule has 3 heterocycles. The Bertz CT molecular complexity index is 1080. The largest absolute Gasteiger partial charge is 0.368 e. The second-order valence-corrected chi connectivity index (χ2v) is 12.9. The van der Waals surface area contributed by atoms with Crippen molar-refractivity contribution >= 4 is 10.8 Å². The van der Waals surface area contributed by atoms with Gasteiger partial charge in [0.1, 0.15) is 0 Å². The zero-order valence-corrected chi connectivity index (χ0v) is 20.7. The highest BCUT2D eigenvalue weighted by molar-refractivity contribution is 5.82. The summed E-state index contributed by atoms with van der Waals surface area (Å²) in [7, 11) is 4.55. The normalized spacial score (nSPS) is 46.2. The minimum absolute atomic E-state index is 0.158. The minimum Gasteiger partial charge on any atom is -0.368 e. The highest BCUT2D eigenvalue weighted by Crippen LogP contribution is 2.72. The molecule has 3 heteroatoms. The van der Waals surface area contributed by atoms with Gasteiger partial charge in [-0.1, -0.05) is 19.1 Å². The van der Waals surface area contributed by atoms with E-state index in [-0.39, 0.29) is 11.2 Å². The third kappa shape index (κ3) is 2.79. The van der Waals surface area contributed by atoms with Gasteiger partial charge in [0.25, 0.3) is 0 Å². The third-order valence-corrected chi connectivity index (χ3v) is 11.5. The Hall–Kier alpha value is -1.45. The first kappa shape index (κ1) is 20.9. The van der Waals surface area contributed by atoms with Crippen molar-refractivity contribution in [1.29, 1.82) is 0 Å². The quantitative estimate of drug-likeness (QED) is 0.524. The lowest BCUT2D eigenvalue weighted by Gasteiger charge is -2.61. The van der Waals surface area contributed by atoms with Crippen molar-refractivity contribution < 1.29 is 4.74 Å². The molecule has 2 saturated heterocycles. The topological polar surface area (TPSA) is 25.4 Å². The summed E-state index contributed by atoms with van der Waals surface area (Å²) in [6.45, 7) is 2.64. The lowest BCUT2D eigenvalue weighted by atomic mass is 9.53. The Balaban J connectivity index is 1.23. The number of benzene rings is 1. The first-order valence-corrected chi connectivity index (χ1v) is 13.6. The van der Waals surface area contributed by atoms with Crippen LogP contribution in [0.3, 0.4) is 0 Å². The van der Waals surface area contributed by atoms with E-state index in [2.05, 4.69) is 55.2 Å². The van der Waals surface area contributed by atoms with Crippen LogP contribution in [0.1, 0.15) is 82.6 Å². The highest BCUT2D eigenvalue weighted by Gasteiger charge is 2.70. The average molecular weight is 445 g/mol. The van der Waals surface area contributed by atoms with Crippen molar-refractivity contribution in [2.45, 2.75) is 94.3 Å². The Morgan fingerprint density at radius 2 is 1.85 bits per heavy atom. The summed E-state index contributed by atoms with van der Waals surface area (Å²) in [5, 5.41) is 2.60. The number of fused-ring (bicyclic) bond motifs is 2. The molecule has 2 spiro atoms. The lowest BCUT2D eigenvalue weighted by molar-refractivity contribution is -0.260. The SMILES string of the molecule is CN(C)[C@@H]1CCC2CC3CC[C@]4(C)[C@@H](c5ccc6ccncc6c5)CC[C@H]4[C@@]34CC[C@]2(C1)O4. The molecule has 5 fully saturated rings. The zero-order valence-electron chi connectivity index (χ0n) is 20.7. The van der Waals surface area contributed by atoms with Gasteiger partial charge in [-0.25, -0.2) is 0 Å². The number of hydrogen-bond donors (Lipinski definition) is 0. The molecule has 2 aromatic rings. The predicted octanol–water partition coefficient (Wildman–Crippen LogP) is 6.57. The summed E-state index contributed by atoms with van der Waals surface area (Å²) in [6.07, 6.45) is 17.5. The fourth-order valence-electron chi connectivity index (χ4n) is 9.88. The molecule has 0 amide bonds. The van der Waals surface area contributed by atoms with Gasteiger partial charge in [0.2, 0.25) is 0 Å². The molecule has 8 atom stereocenters. The summed E-state index contributed by atoms with van der Waals surface area (Å²) in [5.74, 6) is 2.98. The van der Waals surface area contributed by atoms with E-state index < -0.39 is 0 Å². The molecule has 1 aromatic heterocycles. The summed E-state index contributed by atoms with van der Waals surface area (Å²) < 4.78 is 7.56. The van der Waals surface area contributed by atoms with E-state index in [1.54, 1.807) is 5.56 Å². The van der Waals surface area contributed by atoms with Gasteiger partial charge in [-0.3, -0.25) is 4.98 Å². The summed E-state index contributed by atoms with van der Waals surface area (Å²) in [5.41, 5.74) is 2.24. The van der Waals surface area contributed by atoms with Gasteiger partial charge in [0, 0.05) is 23.8 Å². The number of nitrogens with zero attached hydrogens (tertiary/aromatic N) is 2. The van der Waals surface area contributed by atoms with Crippen LogP contribution in [-0.4, -0.2) is 41.2 Å². The van der Waals surface area contributed by atoms with E-state index in [1.807, 2.05) is 12.4 Å². The number of hydrogen-bond acceptors (Lipinski definition) is 3. The van der Waals surface area contributed by atoms with Gasteiger partial charge in [0.15, 0.2) is 0 Å². The molecule has 1 aromatic carbocycles. The summed E-state index contributed by atoms with van der Waals surface area (Å²) in [6, 6.07) is 10.0. The van der Waals surface area contributed by atoms with Gasteiger partial charge < -0.3 is 9.64 Å². The molecule has 5 aliphatic rings. The van der Waals surface area contributed by atoms with E-state index in [0.717, 1.165) is 17.8 Å². The number of pyridine rings is 1. The van der Waals surface area contributed by atoms with Gasteiger partial charge in [-0.15, -0.1) is 0 Å². The maximum absolute atomic E-state index is 7.56. The minimum atomic E-state index is 0.158. The smallest absolute Gasteiger partial charge is 0.0752 e. The van der Waals surface area contributed by atoms with Crippen molar-refractivity contribution in [2.24, 2.45) is 23.2 Å². The summed E-state index contributed by atoms with van der Waals surface area (Å²) in [4.78, 5) is 6.86. The molecular weight excluding hydrogens is 404 g/mol. The molecule has 0 N–H and O–H groups in total. The van der Waals surface area contributed by atoms with Gasteiger partial charge >= 0.3 is 0 Å². The molecule has 3 aliphatic carbocycles. The fourth-order valence-corrected chi connectivity index (χ4v) is 9.88. The van der Waals surface area contributed by atoms with Gasteiger partial charge in [-0.05, 0) is 130 Å². The Morgan fingerprint density at radius 1 is 0.939 bits per heavy atom. The molecule has 3 saturated carbocycles. The van der Waals surface area contributed by atoms with E-state index in [4.69, 9.17) is 4.74 Å². The van der Waals surface area contributed by atoms with Gasteiger partial charge in [-0.2, -0.15) is 0 Å². The second-order valence-electron chi connectivity index (χ2n) is 12.9. The maximum atomic E-state index is 7.56. The molecule has 3 nitrogen and oxygen atoms in total. The lowest BCUT2D eigenvalue weighted by Crippen LogP contribution is -2.62. The fraction of sp³-hybridized carbons (Fsp3) is 0.700. The molecule has 2 bridgehead atoms. The van der Waals surface area contributed by atoms with Crippen LogP contribution in [0.5, 0.6) is 0 Å². The first-order chi connectivity index (χ1) is 15.9. The molecule has 176 valence electrons. The van der Waals surface area contributed by atoms with E-state index in [0.29, 0.717) is 17.4 Å². The van der Waals surface area contributed by atoms with Crippen molar-refractivity contribution in [1.82, 2.24) is 9.88 Å².